The molecule has 1 aliphatic heterocycles. The molecule has 0 saturated carbocycles. The zero-order valence-electron chi connectivity index (χ0n) is 10.3. The second-order valence-corrected chi connectivity index (χ2v) is 4.67. The van der Waals surface area contributed by atoms with Gasteiger partial charge in [0.25, 0.3) is 5.91 Å². The Balaban J connectivity index is 2.14. The van der Waals surface area contributed by atoms with E-state index < -0.39 is 17.4 Å². The summed E-state index contributed by atoms with van der Waals surface area (Å²) < 4.78 is 13.8. The van der Waals surface area contributed by atoms with Crippen LogP contribution in [0.15, 0.2) is 18.2 Å². The molecule has 0 bridgehead atoms. The maximum Gasteiger partial charge on any atom is 0.256 e. The first-order valence-corrected chi connectivity index (χ1v) is 6.02. The van der Waals surface area contributed by atoms with Gasteiger partial charge >= 0.3 is 0 Å². The highest BCUT2D eigenvalue weighted by molar-refractivity contribution is 5.95. The molecule has 0 atom stereocenters. The van der Waals surface area contributed by atoms with Gasteiger partial charge in [-0.15, -0.1) is 0 Å². The number of halogens is 1. The third-order valence-electron chi connectivity index (χ3n) is 3.21. The minimum absolute atomic E-state index is 0.0260. The number of amides is 1. The molecular weight excluding hydrogens is 235 g/mol. The minimum Gasteiger partial charge on any atom is -0.371 e. The van der Waals surface area contributed by atoms with Crippen LogP contribution < -0.4 is 10.6 Å². The van der Waals surface area contributed by atoms with E-state index in [0.717, 1.165) is 0 Å². The molecule has 0 aliphatic carbocycles. The van der Waals surface area contributed by atoms with Crippen LogP contribution in [0.4, 0.5) is 4.39 Å². The highest BCUT2D eigenvalue weighted by atomic mass is 19.1. The first kappa shape index (κ1) is 13.0. The molecule has 0 aromatic heterocycles. The van der Waals surface area contributed by atoms with E-state index in [9.17, 15) is 14.3 Å². The smallest absolute Gasteiger partial charge is 0.256 e. The van der Waals surface area contributed by atoms with Crippen molar-refractivity contribution in [1.29, 1.82) is 0 Å². The van der Waals surface area contributed by atoms with Crippen LogP contribution in [0.1, 0.15) is 28.8 Å². The van der Waals surface area contributed by atoms with Gasteiger partial charge in [0.1, 0.15) is 11.5 Å². The molecule has 1 saturated heterocycles. The summed E-state index contributed by atoms with van der Waals surface area (Å²) in [7, 11) is 0. The maximum absolute atomic E-state index is 13.8. The van der Waals surface area contributed by atoms with Crippen molar-refractivity contribution in [2.24, 2.45) is 0 Å². The SMILES string of the molecule is Cc1cccc(C(=O)NC2(O)CCNCC2)c1F. The third kappa shape index (κ3) is 2.68. The predicted molar refractivity (Wildman–Crippen MR) is 65.7 cm³/mol. The second-order valence-electron chi connectivity index (χ2n) is 4.67. The number of hydrogen-bond acceptors (Lipinski definition) is 3. The van der Waals surface area contributed by atoms with Crippen LogP contribution in [0.2, 0.25) is 0 Å². The number of aliphatic hydroxyl groups is 1. The third-order valence-corrected chi connectivity index (χ3v) is 3.21. The number of piperidine rings is 1. The monoisotopic (exact) mass is 252 g/mol. The van der Waals surface area contributed by atoms with Crippen molar-refractivity contribution < 1.29 is 14.3 Å². The Labute approximate surface area is 105 Å². The molecule has 1 heterocycles. The van der Waals surface area contributed by atoms with Gasteiger partial charge in [0.05, 0.1) is 5.56 Å². The van der Waals surface area contributed by atoms with E-state index in [-0.39, 0.29) is 5.56 Å². The Morgan fingerprint density at radius 2 is 2.11 bits per heavy atom. The van der Waals surface area contributed by atoms with Crippen LogP contribution in [-0.4, -0.2) is 29.8 Å². The van der Waals surface area contributed by atoms with Crippen LogP contribution in [0.5, 0.6) is 0 Å². The molecule has 1 fully saturated rings. The van der Waals surface area contributed by atoms with E-state index in [1.54, 1.807) is 19.1 Å². The largest absolute Gasteiger partial charge is 0.371 e. The Morgan fingerprint density at radius 1 is 1.44 bits per heavy atom. The lowest BCUT2D eigenvalue weighted by Gasteiger charge is -2.33. The van der Waals surface area contributed by atoms with E-state index in [1.165, 1.54) is 6.07 Å². The summed E-state index contributed by atoms with van der Waals surface area (Å²) in [5, 5.41) is 15.8. The van der Waals surface area contributed by atoms with Crippen LogP contribution in [0.3, 0.4) is 0 Å². The summed E-state index contributed by atoms with van der Waals surface area (Å²) in [6, 6.07) is 4.65. The van der Waals surface area contributed by atoms with E-state index >= 15 is 0 Å². The van der Waals surface area contributed by atoms with Crippen molar-refractivity contribution in [3.8, 4) is 0 Å². The molecule has 1 amide bonds. The molecule has 0 spiro atoms. The minimum atomic E-state index is -1.24. The highest BCUT2D eigenvalue weighted by Crippen LogP contribution is 2.17. The fourth-order valence-corrected chi connectivity index (χ4v) is 2.07. The summed E-state index contributed by atoms with van der Waals surface area (Å²) in [5.41, 5.74) is -0.847. The number of carbonyl (C=O) groups is 1. The van der Waals surface area contributed by atoms with Crippen molar-refractivity contribution in [1.82, 2.24) is 10.6 Å². The summed E-state index contributed by atoms with van der Waals surface area (Å²) >= 11 is 0. The number of benzene rings is 1. The van der Waals surface area contributed by atoms with Gasteiger partial charge in [0, 0.05) is 12.8 Å². The summed E-state index contributed by atoms with van der Waals surface area (Å²) in [6.07, 6.45) is 0.846. The molecule has 5 heteroatoms. The topological polar surface area (TPSA) is 61.4 Å². The quantitative estimate of drug-likeness (QED) is 0.686. The zero-order valence-corrected chi connectivity index (χ0v) is 10.3. The van der Waals surface area contributed by atoms with Gasteiger partial charge in [-0.1, -0.05) is 12.1 Å². The number of nitrogens with one attached hydrogen (secondary N) is 2. The van der Waals surface area contributed by atoms with Gasteiger partial charge in [-0.2, -0.15) is 0 Å². The predicted octanol–water partition coefficient (Wildman–Crippen LogP) is 0.936. The molecule has 1 aromatic carbocycles. The van der Waals surface area contributed by atoms with Gasteiger partial charge in [-0.25, -0.2) is 4.39 Å². The Morgan fingerprint density at radius 3 is 2.78 bits per heavy atom. The van der Waals surface area contributed by atoms with Gasteiger partial charge in [-0.3, -0.25) is 4.79 Å². The van der Waals surface area contributed by atoms with Crippen LogP contribution >= 0.6 is 0 Å². The van der Waals surface area contributed by atoms with Crippen molar-refractivity contribution in [2.75, 3.05) is 13.1 Å². The number of carbonyl (C=O) groups excluding carboxylic acids is 1. The maximum atomic E-state index is 13.8. The molecule has 98 valence electrons. The van der Waals surface area contributed by atoms with Gasteiger partial charge in [0.2, 0.25) is 0 Å². The van der Waals surface area contributed by atoms with Crippen molar-refractivity contribution in [3.63, 3.8) is 0 Å². The van der Waals surface area contributed by atoms with Crippen LogP contribution in [0, 0.1) is 12.7 Å². The highest BCUT2D eigenvalue weighted by Gasteiger charge is 2.31. The molecule has 0 unspecified atom stereocenters. The molecule has 1 aromatic rings. The number of rotatable bonds is 2. The fourth-order valence-electron chi connectivity index (χ4n) is 2.07. The normalized spacial score (nSPS) is 18.4. The average molecular weight is 252 g/mol. The van der Waals surface area contributed by atoms with Gasteiger partial charge < -0.3 is 15.7 Å². The molecule has 0 radical (unpaired) electrons. The van der Waals surface area contributed by atoms with Crippen LogP contribution in [0.25, 0.3) is 0 Å². The fraction of sp³-hybridized carbons (Fsp3) is 0.462. The van der Waals surface area contributed by atoms with Crippen molar-refractivity contribution in [2.45, 2.75) is 25.5 Å². The Kier molecular flexibility index (Phi) is 3.63. The van der Waals surface area contributed by atoms with Gasteiger partial charge in [-0.05, 0) is 31.6 Å². The standard InChI is InChI=1S/C13H17FN2O2/c1-9-3-2-4-10(11(9)14)12(17)16-13(18)5-7-15-8-6-13/h2-4,15,18H,5-8H2,1H3,(H,16,17). The van der Waals surface area contributed by atoms with Gasteiger partial charge in [0.15, 0.2) is 0 Å². The average Bonchev–Trinajstić information content (AvgIpc) is 2.33. The zero-order chi connectivity index (χ0) is 13.2. The first-order chi connectivity index (χ1) is 8.52. The van der Waals surface area contributed by atoms with Crippen molar-refractivity contribution >= 4 is 5.91 Å². The Hall–Kier alpha value is -1.46. The first-order valence-electron chi connectivity index (χ1n) is 6.02. The lowest BCUT2D eigenvalue weighted by molar-refractivity contribution is -0.0165. The number of hydrogen-bond donors (Lipinski definition) is 3. The summed E-state index contributed by atoms with van der Waals surface area (Å²) in [5.74, 6) is -1.10. The van der Waals surface area contributed by atoms with E-state index in [2.05, 4.69) is 10.6 Å². The van der Waals surface area contributed by atoms with E-state index in [0.29, 0.717) is 31.5 Å². The lowest BCUT2D eigenvalue weighted by atomic mass is 10.0. The van der Waals surface area contributed by atoms with Crippen LogP contribution in [-0.2, 0) is 0 Å². The second kappa shape index (κ2) is 5.04. The molecule has 1 aliphatic rings. The summed E-state index contributed by atoms with van der Waals surface area (Å²) in [6.45, 7) is 2.87. The van der Waals surface area contributed by atoms with E-state index in [1.807, 2.05) is 0 Å². The molecule has 4 nitrogen and oxygen atoms in total. The molecule has 2 rings (SSSR count). The van der Waals surface area contributed by atoms with Crippen molar-refractivity contribution in [3.05, 3.63) is 35.1 Å². The molecular formula is C13H17FN2O2. The lowest BCUT2D eigenvalue weighted by Crippen LogP contribution is -2.54. The number of aryl methyl sites for hydroxylation is 1. The Bertz CT molecular complexity index is 456. The molecule has 18 heavy (non-hydrogen) atoms. The summed E-state index contributed by atoms with van der Waals surface area (Å²) in [4.78, 5) is 12.0. The van der Waals surface area contributed by atoms with E-state index in [4.69, 9.17) is 0 Å². The molecule has 3 N–H and O–H groups in total.